The van der Waals surface area contributed by atoms with Crippen molar-refractivity contribution in [2.45, 2.75) is 32.2 Å². The van der Waals surface area contributed by atoms with Crippen molar-refractivity contribution < 1.29 is 0 Å². The van der Waals surface area contributed by atoms with Gasteiger partial charge in [0, 0.05) is 15.7 Å². The fraction of sp³-hybridized carbons (Fsp3) is 0.278. The Hall–Kier alpha value is -1.79. The van der Waals surface area contributed by atoms with Crippen molar-refractivity contribution in [2.75, 3.05) is 5.32 Å². The summed E-state index contributed by atoms with van der Waals surface area (Å²) in [4.78, 5) is 0. The first kappa shape index (κ1) is 15.6. The number of hydrogen-bond acceptors (Lipinski definition) is 2. The predicted octanol–water partition coefficient (Wildman–Crippen LogP) is 5.14. The molecule has 0 bridgehead atoms. The van der Waals surface area contributed by atoms with Crippen molar-refractivity contribution in [3.63, 3.8) is 0 Å². The van der Waals surface area contributed by atoms with Gasteiger partial charge in [-0.1, -0.05) is 30.3 Å². The Morgan fingerprint density at radius 2 is 1.86 bits per heavy atom. The van der Waals surface area contributed by atoms with Crippen molar-refractivity contribution in [3.05, 3.63) is 64.1 Å². The highest BCUT2D eigenvalue weighted by Crippen LogP contribution is 2.28. The van der Waals surface area contributed by atoms with Crippen LogP contribution in [-0.4, -0.2) is 5.54 Å². The lowest BCUT2D eigenvalue weighted by Gasteiger charge is -2.28. The van der Waals surface area contributed by atoms with Gasteiger partial charge in [0.15, 0.2) is 0 Å². The van der Waals surface area contributed by atoms with Crippen LogP contribution in [0.15, 0.2) is 53.0 Å². The Morgan fingerprint density at radius 3 is 2.48 bits per heavy atom. The lowest BCUT2D eigenvalue weighted by molar-refractivity contribution is 0.518. The molecular formula is C18H19BrN2. The Labute approximate surface area is 134 Å². The summed E-state index contributed by atoms with van der Waals surface area (Å²) in [6, 6.07) is 18.3. The highest BCUT2D eigenvalue weighted by Gasteiger charge is 2.18. The van der Waals surface area contributed by atoms with E-state index < -0.39 is 0 Å². The van der Waals surface area contributed by atoms with Crippen molar-refractivity contribution in [2.24, 2.45) is 0 Å². The molecule has 0 saturated carbocycles. The van der Waals surface area contributed by atoms with Crippen LogP contribution in [-0.2, 0) is 6.42 Å². The summed E-state index contributed by atoms with van der Waals surface area (Å²) in [5.74, 6) is 0. The number of anilines is 1. The minimum Gasteiger partial charge on any atom is -0.379 e. The molecule has 2 nitrogen and oxygen atoms in total. The molecule has 0 amide bonds. The van der Waals surface area contributed by atoms with E-state index in [0.717, 1.165) is 23.0 Å². The lowest BCUT2D eigenvalue weighted by Crippen LogP contribution is -2.31. The first-order chi connectivity index (χ1) is 10.00. The van der Waals surface area contributed by atoms with Gasteiger partial charge in [0.1, 0.15) is 0 Å². The standard InChI is InChI=1S/C18H19BrN2/c1-18(2,11-10-14-6-4-3-5-7-14)21-17-9-8-15(13-20)12-16(17)19/h3-9,12,21H,10-11H2,1-2H3. The van der Waals surface area contributed by atoms with Crippen molar-refractivity contribution in [1.82, 2.24) is 0 Å². The first-order valence-electron chi connectivity index (χ1n) is 7.02. The molecule has 0 heterocycles. The maximum absolute atomic E-state index is 8.90. The average Bonchev–Trinajstić information content (AvgIpc) is 2.48. The first-order valence-corrected chi connectivity index (χ1v) is 7.81. The fourth-order valence-electron chi connectivity index (χ4n) is 2.21. The number of rotatable bonds is 5. The summed E-state index contributed by atoms with van der Waals surface area (Å²) < 4.78 is 0.925. The number of nitrogens with one attached hydrogen (secondary N) is 1. The van der Waals surface area contributed by atoms with E-state index in [2.05, 4.69) is 65.4 Å². The monoisotopic (exact) mass is 342 g/mol. The molecule has 0 atom stereocenters. The second-order valence-electron chi connectivity index (χ2n) is 5.80. The fourth-order valence-corrected chi connectivity index (χ4v) is 2.69. The maximum atomic E-state index is 8.90. The van der Waals surface area contributed by atoms with Crippen LogP contribution in [0.4, 0.5) is 5.69 Å². The molecule has 0 fully saturated rings. The van der Waals surface area contributed by atoms with E-state index in [0.29, 0.717) is 5.56 Å². The molecule has 2 aromatic carbocycles. The molecule has 2 aromatic rings. The Kier molecular flexibility index (Phi) is 5.03. The second kappa shape index (κ2) is 6.78. The van der Waals surface area contributed by atoms with Crippen molar-refractivity contribution >= 4 is 21.6 Å². The molecule has 0 aliphatic rings. The normalized spacial score (nSPS) is 11.0. The zero-order valence-corrected chi connectivity index (χ0v) is 13.9. The maximum Gasteiger partial charge on any atom is 0.0992 e. The molecule has 0 aliphatic carbocycles. The van der Waals surface area contributed by atoms with Crippen LogP contribution >= 0.6 is 15.9 Å². The van der Waals surface area contributed by atoms with Gasteiger partial charge < -0.3 is 5.32 Å². The number of benzene rings is 2. The zero-order chi connectivity index (χ0) is 15.3. The lowest BCUT2D eigenvalue weighted by atomic mass is 9.95. The van der Waals surface area contributed by atoms with Gasteiger partial charge >= 0.3 is 0 Å². The summed E-state index contributed by atoms with van der Waals surface area (Å²) in [6.07, 6.45) is 2.07. The molecule has 2 rings (SSSR count). The van der Waals surface area contributed by atoms with Gasteiger partial charge in [-0.25, -0.2) is 0 Å². The van der Waals surface area contributed by atoms with E-state index in [1.807, 2.05) is 24.3 Å². The van der Waals surface area contributed by atoms with Gasteiger partial charge in [0.2, 0.25) is 0 Å². The van der Waals surface area contributed by atoms with Crippen molar-refractivity contribution in [1.29, 1.82) is 5.26 Å². The van der Waals surface area contributed by atoms with Gasteiger partial charge in [-0.15, -0.1) is 0 Å². The minimum absolute atomic E-state index is 0.0213. The third-order valence-electron chi connectivity index (χ3n) is 3.45. The molecule has 1 N–H and O–H groups in total. The molecule has 108 valence electrons. The van der Waals surface area contributed by atoms with E-state index in [9.17, 15) is 0 Å². The molecule has 0 aromatic heterocycles. The van der Waals surface area contributed by atoms with Crippen LogP contribution < -0.4 is 5.32 Å². The number of nitriles is 1. The molecule has 3 heteroatoms. The average molecular weight is 343 g/mol. The van der Waals surface area contributed by atoms with E-state index in [-0.39, 0.29) is 5.54 Å². The third-order valence-corrected chi connectivity index (χ3v) is 4.11. The van der Waals surface area contributed by atoms with Crippen LogP contribution in [0.1, 0.15) is 31.4 Å². The van der Waals surface area contributed by atoms with E-state index >= 15 is 0 Å². The van der Waals surface area contributed by atoms with Gasteiger partial charge in [0.25, 0.3) is 0 Å². The van der Waals surface area contributed by atoms with Crippen LogP contribution in [0, 0.1) is 11.3 Å². The number of hydrogen-bond donors (Lipinski definition) is 1. The van der Waals surface area contributed by atoms with Gasteiger partial charge in [-0.05, 0) is 66.4 Å². The summed E-state index contributed by atoms with van der Waals surface area (Å²) in [5, 5.41) is 12.5. The topological polar surface area (TPSA) is 35.8 Å². The van der Waals surface area contributed by atoms with Crippen LogP contribution in [0.25, 0.3) is 0 Å². The molecule has 21 heavy (non-hydrogen) atoms. The minimum atomic E-state index is -0.0213. The summed E-state index contributed by atoms with van der Waals surface area (Å²) in [6.45, 7) is 4.39. The largest absolute Gasteiger partial charge is 0.379 e. The molecule has 0 unspecified atom stereocenters. The predicted molar refractivity (Wildman–Crippen MR) is 91.3 cm³/mol. The third kappa shape index (κ3) is 4.61. The summed E-state index contributed by atoms with van der Waals surface area (Å²) in [7, 11) is 0. The number of aryl methyl sites for hydroxylation is 1. The Balaban J connectivity index is 2.02. The molecule has 0 aliphatic heterocycles. The molecule has 0 saturated heterocycles. The second-order valence-corrected chi connectivity index (χ2v) is 6.66. The van der Waals surface area contributed by atoms with Gasteiger partial charge in [0.05, 0.1) is 11.6 Å². The summed E-state index contributed by atoms with van der Waals surface area (Å²) in [5.41, 5.74) is 3.01. The van der Waals surface area contributed by atoms with E-state index in [1.165, 1.54) is 5.56 Å². The molecule has 0 spiro atoms. The van der Waals surface area contributed by atoms with Crippen molar-refractivity contribution in [3.8, 4) is 6.07 Å². The van der Waals surface area contributed by atoms with Gasteiger partial charge in [-0.2, -0.15) is 5.26 Å². The Morgan fingerprint density at radius 1 is 1.14 bits per heavy atom. The number of nitrogens with zero attached hydrogens (tertiary/aromatic N) is 1. The SMILES string of the molecule is CC(C)(CCc1ccccc1)Nc1ccc(C#N)cc1Br. The Bertz CT molecular complexity index is 642. The summed E-state index contributed by atoms with van der Waals surface area (Å²) >= 11 is 3.52. The van der Waals surface area contributed by atoms with Gasteiger partial charge in [-0.3, -0.25) is 0 Å². The van der Waals surface area contributed by atoms with E-state index in [1.54, 1.807) is 0 Å². The highest BCUT2D eigenvalue weighted by molar-refractivity contribution is 9.10. The number of halogens is 1. The molecular weight excluding hydrogens is 324 g/mol. The highest BCUT2D eigenvalue weighted by atomic mass is 79.9. The van der Waals surface area contributed by atoms with Crippen LogP contribution in [0.3, 0.4) is 0 Å². The van der Waals surface area contributed by atoms with Crippen LogP contribution in [0.2, 0.25) is 0 Å². The zero-order valence-electron chi connectivity index (χ0n) is 12.4. The molecule has 0 radical (unpaired) electrons. The van der Waals surface area contributed by atoms with E-state index in [4.69, 9.17) is 5.26 Å². The smallest absolute Gasteiger partial charge is 0.0992 e. The quantitative estimate of drug-likeness (QED) is 0.815. The van der Waals surface area contributed by atoms with Crippen LogP contribution in [0.5, 0.6) is 0 Å².